The first-order chi connectivity index (χ1) is 12.9. The van der Waals surface area contributed by atoms with Crippen LogP contribution < -0.4 is 16.4 Å². The molecule has 0 saturated carbocycles. The van der Waals surface area contributed by atoms with E-state index < -0.39 is 0 Å². The van der Waals surface area contributed by atoms with Crippen LogP contribution in [0.5, 0.6) is 0 Å². The fraction of sp³-hybridized carbons (Fsp3) is 0.900. The Morgan fingerprint density at radius 3 is 2.48 bits per heavy atom. The number of carbonyl (C=O) groups is 1. The van der Waals surface area contributed by atoms with Crippen molar-refractivity contribution in [2.24, 2.45) is 22.6 Å². The summed E-state index contributed by atoms with van der Waals surface area (Å²) < 4.78 is 0. The van der Waals surface area contributed by atoms with Crippen molar-refractivity contribution >= 4 is 11.9 Å². The average Bonchev–Trinajstić information content (AvgIpc) is 3.01. The number of aliphatic imine (C=N–C) groups is 1. The van der Waals surface area contributed by atoms with Gasteiger partial charge in [-0.2, -0.15) is 0 Å². The largest absolute Gasteiger partial charge is 0.369 e. The molecule has 2 unspecified atom stereocenters. The molecule has 0 aromatic carbocycles. The molecule has 2 aliphatic rings. The zero-order chi connectivity index (χ0) is 19.8. The van der Waals surface area contributed by atoms with Gasteiger partial charge in [-0.1, -0.05) is 6.92 Å². The highest BCUT2D eigenvalue weighted by Gasteiger charge is 2.31. The van der Waals surface area contributed by atoms with E-state index in [0.29, 0.717) is 18.0 Å². The third kappa shape index (κ3) is 6.96. The lowest BCUT2D eigenvalue weighted by molar-refractivity contribution is -0.123. The first kappa shape index (κ1) is 22.0. The summed E-state index contributed by atoms with van der Waals surface area (Å²) >= 11 is 0. The summed E-state index contributed by atoms with van der Waals surface area (Å²) in [6, 6.07) is 1.06. The van der Waals surface area contributed by atoms with Crippen molar-refractivity contribution in [1.82, 2.24) is 20.4 Å². The molecule has 2 heterocycles. The number of hydrogen-bond donors (Lipinski definition) is 3. The van der Waals surface area contributed by atoms with Crippen molar-refractivity contribution in [2.45, 2.75) is 58.5 Å². The molecule has 2 rings (SSSR count). The Labute approximate surface area is 165 Å². The van der Waals surface area contributed by atoms with Gasteiger partial charge in [0.2, 0.25) is 5.91 Å². The number of carbonyl (C=O) groups excluding carboxylic acids is 1. The van der Waals surface area contributed by atoms with Gasteiger partial charge >= 0.3 is 0 Å². The number of nitrogens with one attached hydrogen (secondary N) is 2. The van der Waals surface area contributed by atoms with Crippen LogP contribution >= 0.6 is 0 Å². The predicted molar refractivity (Wildman–Crippen MR) is 112 cm³/mol. The van der Waals surface area contributed by atoms with E-state index in [4.69, 9.17) is 5.73 Å². The van der Waals surface area contributed by atoms with E-state index in [2.05, 4.69) is 46.2 Å². The first-order valence-electron chi connectivity index (χ1n) is 10.6. The Balaban J connectivity index is 1.58. The van der Waals surface area contributed by atoms with E-state index in [1.807, 2.05) is 7.05 Å². The fourth-order valence-electron chi connectivity index (χ4n) is 4.09. The van der Waals surface area contributed by atoms with E-state index in [1.165, 1.54) is 0 Å². The van der Waals surface area contributed by atoms with Gasteiger partial charge in [0.25, 0.3) is 0 Å². The number of hydrogen-bond acceptors (Lipinski definition) is 4. The van der Waals surface area contributed by atoms with Crippen molar-refractivity contribution in [3.63, 3.8) is 0 Å². The van der Waals surface area contributed by atoms with Gasteiger partial charge in [0.1, 0.15) is 0 Å². The standard InChI is InChI=1S/C20H40N6O/c1-15(2)26-13-16(3)18(14-26)24-20(22-4)23-9-5-6-10-25-11-7-17(8-12-25)19(21)27/h15-18H,5-14H2,1-4H3,(H2,21,27)(H2,22,23,24). The molecule has 2 saturated heterocycles. The number of piperidine rings is 1. The lowest BCUT2D eigenvalue weighted by atomic mass is 9.96. The van der Waals surface area contributed by atoms with Gasteiger partial charge in [0.15, 0.2) is 5.96 Å². The van der Waals surface area contributed by atoms with E-state index in [1.54, 1.807) is 0 Å². The molecular weight excluding hydrogens is 340 g/mol. The van der Waals surface area contributed by atoms with Crippen molar-refractivity contribution in [1.29, 1.82) is 0 Å². The van der Waals surface area contributed by atoms with Gasteiger partial charge in [-0.25, -0.2) is 0 Å². The van der Waals surface area contributed by atoms with Crippen LogP contribution in [0.25, 0.3) is 0 Å². The molecule has 156 valence electrons. The van der Waals surface area contributed by atoms with Crippen LogP contribution in [0.1, 0.15) is 46.5 Å². The number of nitrogens with zero attached hydrogens (tertiary/aromatic N) is 3. The Morgan fingerprint density at radius 1 is 1.22 bits per heavy atom. The first-order valence-corrected chi connectivity index (χ1v) is 10.6. The second-order valence-electron chi connectivity index (χ2n) is 8.50. The molecule has 0 bridgehead atoms. The lowest BCUT2D eigenvalue weighted by Gasteiger charge is -2.30. The zero-order valence-corrected chi connectivity index (χ0v) is 17.7. The molecule has 7 heteroatoms. The molecule has 0 aliphatic carbocycles. The molecule has 0 aromatic rings. The quantitative estimate of drug-likeness (QED) is 0.330. The molecule has 7 nitrogen and oxygen atoms in total. The summed E-state index contributed by atoms with van der Waals surface area (Å²) in [5.41, 5.74) is 5.40. The monoisotopic (exact) mass is 380 g/mol. The average molecular weight is 381 g/mol. The Bertz CT molecular complexity index is 487. The summed E-state index contributed by atoms with van der Waals surface area (Å²) in [6.45, 7) is 13.1. The third-order valence-electron chi connectivity index (χ3n) is 6.10. The summed E-state index contributed by atoms with van der Waals surface area (Å²) in [6.07, 6.45) is 4.11. The summed E-state index contributed by atoms with van der Waals surface area (Å²) in [4.78, 5) is 20.6. The van der Waals surface area contributed by atoms with Crippen molar-refractivity contribution in [3.8, 4) is 0 Å². The van der Waals surface area contributed by atoms with Crippen LogP contribution in [0.3, 0.4) is 0 Å². The normalized spacial score (nSPS) is 25.9. The summed E-state index contributed by atoms with van der Waals surface area (Å²) in [7, 11) is 1.85. The third-order valence-corrected chi connectivity index (χ3v) is 6.10. The molecule has 0 radical (unpaired) electrons. The summed E-state index contributed by atoms with van der Waals surface area (Å²) in [5.74, 6) is 1.50. The lowest BCUT2D eigenvalue weighted by Crippen LogP contribution is -2.47. The number of guanidine groups is 1. The van der Waals surface area contributed by atoms with Crippen LogP contribution in [0.15, 0.2) is 4.99 Å². The molecule has 0 spiro atoms. The fourth-order valence-corrected chi connectivity index (χ4v) is 4.09. The van der Waals surface area contributed by atoms with E-state index in [9.17, 15) is 4.79 Å². The minimum Gasteiger partial charge on any atom is -0.369 e. The summed E-state index contributed by atoms with van der Waals surface area (Å²) in [5, 5.41) is 7.06. The number of likely N-dealkylation sites (tertiary alicyclic amines) is 2. The van der Waals surface area contributed by atoms with Gasteiger partial charge in [-0.05, 0) is 65.1 Å². The van der Waals surface area contributed by atoms with Gasteiger partial charge < -0.3 is 21.3 Å². The highest BCUT2D eigenvalue weighted by molar-refractivity contribution is 5.80. The van der Waals surface area contributed by atoms with Crippen LogP contribution in [0, 0.1) is 11.8 Å². The smallest absolute Gasteiger partial charge is 0.220 e. The highest BCUT2D eigenvalue weighted by atomic mass is 16.1. The minimum atomic E-state index is -0.133. The van der Waals surface area contributed by atoms with E-state index >= 15 is 0 Å². The topological polar surface area (TPSA) is 86.0 Å². The van der Waals surface area contributed by atoms with Gasteiger partial charge in [0.05, 0.1) is 0 Å². The maximum absolute atomic E-state index is 11.2. The van der Waals surface area contributed by atoms with Crippen molar-refractivity contribution in [2.75, 3.05) is 46.3 Å². The molecule has 27 heavy (non-hydrogen) atoms. The predicted octanol–water partition coefficient (Wildman–Crippen LogP) is 0.858. The van der Waals surface area contributed by atoms with Crippen LogP contribution in [-0.4, -0.2) is 80.1 Å². The zero-order valence-electron chi connectivity index (χ0n) is 17.7. The second-order valence-corrected chi connectivity index (χ2v) is 8.50. The Morgan fingerprint density at radius 2 is 1.93 bits per heavy atom. The molecule has 2 fully saturated rings. The van der Waals surface area contributed by atoms with Crippen LogP contribution in [0.2, 0.25) is 0 Å². The van der Waals surface area contributed by atoms with Crippen LogP contribution in [-0.2, 0) is 4.79 Å². The van der Waals surface area contributed by atoms with Gasteiger partial charge in [0, 0.05) is 44.7 Å². The molecule has 2 aliphatic heterocycles. The highest BCUT2D eigenvalue weighted by Crippen LogP contribution is 2.19. The minimum absolute atomic E-state index is 0.0851. The number of amides is 1. The molecule has 1 amide bonds. The van der Waals surface area contributed by atoms with Crippen molar-refractivity contribution in [3.05, 3.63) is 0 Å². The van der Waals surface area contributed by atoms with E-state index in [-0.39, 0.29) is 11.8 Å². The molecule has 0 aromatic heterocycles. The van der Waals surface area contributed by atoms with Gasteiger partial charge in [-0.15, -0.1) is 0 Å². The maximum Gasteiger partial charge on any atom is 0.220 e. The molecular formula is C20H40N6O. The Hall–Kier alpha value is -1.34. The maximum atomic E-state index is 11.2. The Kier molecular flexibility index (Phi) is 8.83. The molecule has 4 N–H and O–H groups in total. The SMILES string of the molecule is CN=C(NCCCCN1CCC(C(N)=O)CC1)NC1CN(C(C)C)CC1C. The number of rotatable bonds is 8. The number of primary amides is 1. The number of nitrogens with two attached hydrogens (primary N) is 1. The van der Waals surface area contributed by atoms with E-state index in [0.717, 1.165) is 70.9 Å². The van der Waals surface area contributed by atoms with Gasteiger partial charge in [-0.3, -0.25) is 14.7 Å². The second kappa shape index (κ2) is 10.9. The number of unbranched alkanes of at least 4 members (excludes halogenated alkanes) is 1. The van der Waals surface area contributed by atoms with Crippen LogP contribution in [0.4, 0.5) is 0 Å². The molecule has 2 atom stereocenters. The van der Waals surface area contributed by atoms with Crippen molar-refractivity contribution < 1.29 is 4.79 Å².